The van der Waals surface area contributed by atoms with Crippen LogP contribution in [0.25, 0.3) is 0 Å². The van der Waals surface area contributed by atoms with Gasteiger partial charge in [-0.05, 0) is 36.8 Å². The van der Waals surface area contributed by atoms with Gasteiger partial charge in [0, 0.05) is 18.5 Å². The fourth-order valence-corrected chi connectivity index (χ4v) is 2.80. The van der Waals surface area contributed by atoms with Crippen LogP contribution >= 0.6 is 0 Å². The van der Waals surface area contributed by atoms with E-state index in [9.17, 15) is 13.6 Å². The van der Waals surface area contributed by atoms with E-state index in [-0.39, 0.29) is 24.1 Å². The summed E-state index contributed by atoms with van der Waals surface area (Å²) in [5.41, 5.74) is 2.06. The summed E-state index contributed by atoms with van der Waals surface area (Å²) < 4.78 is 28.7. The highest BCUT2D eigenvalue weighted by molar-refractivity contribution is 5.91. The smallest absolute Gasteiger partial charge is 0.226 e. The number of amides is 1. The molecule has 0 spiro atoms. The van der Waals surface area contributed by atoms with E-state index in [1.165, 1.54) is 6.07 Å². The average molecular weight is 340 g/mol. The molecule has 1 atom stereocenters. The van der Waals surface area contributed by atoms with Gasteiger partial charge >= 0.3 is 0 Å². The van der Waals surface area contributed by atoms with E-state index in [1.807, 2.05) is 60.3 Å². The molecule has 0 saturated carbocycles. The molecule has 25 heavy (non-hydrogen) atoms. The Morgan fingerprint density at radius 2 is 1.84 bits per heavy atom. The molecule has 0 unspecified atom stereocenters. The molecule has 5 heteroatoms. The Balaban J connectivity index is 1.82. The van der Waals surface area contributed by atoms with E-state index in [1.54, 1.807) is 0 Å². The topological polar surface area (TPSA) is 34.0 Å². The molecule has 0 fully saturated rings. The predicted octanol–water partition coefficient (Wildman–Crippen LogP) is 4.69. The largest absolute Gasteiger partial charge is 0.346 e. The molecular formula is C20H18F2N2O. The number of carbonyl (C=O) groups excluding carboxylic acids is 1. The number of anilines is 1. The summed E-state index contributed by atoms with van der Waals surface area (Å²) in [7, 11) is 0. The predicted molar refractivity (Wildman–Crippen MR) is 93.4 cm³/mol. The second-order valence-corrected chi connectivity index (χ2v) is 5.94. The number of rotatable bonds is 5. The van der Waals surface area contributed by atoms with Gasteiger partial charge in [-0.3, -0.25) is 4.79 Å². The summed E-state index contributed by atoms with van der Waals surface area (Å²) >= 11 is 0. The van der Waals surface area contributed by atoms with Gasteiger partial charge in [0.05, 0.1) is 18.2 Å². The third-order valence-electron chi connectivity index (χ3n) is 4.00. The molecule has 1 amide bonds. The number of halogens is 2. The summed E-state index contributed by atoms with van der Waals surface area (Å²) in [6, 6.07) is 14.6. The number of hydrogen-bond donors (Lipinski definition) is 1. The normalized spacial score (nSPS) is 12.0. The molecule has 0 radical (unpaired) electrons. The Morgan fingerprint density at radius 1 is 1.08 bits per heavy atom. The first-order valence-corrected chi connectivity index (χ1v) is 7.97. The number of carbonyl (C=O) groups is 1. The van der Waals surface area contributed by atoms with Crippen molar-refractivity contribution in [3.8, 4) is 0 Å². The van der Waals surface area contributed by atoms with E-state index >= 15 is 0 Å². The average Bonchev–Trinajstić information content (AvgIpc) is 3.09. The minimum absolute atomic E-state index is 0.0260. The van der Waals surface area contributed by atoms with Crippen LogP contribution in [0.1, 0.15) is 23.6 Å². The molecule has 128 valence electrons. The van der Waals surface area contributed by atoms with Crippen molar-refractivity contribution >= 4 is 11.6 Å². The molecule has 1 heterocycles. The van der Waals surface area contributed by atoms with Gasteiger partial charge in [0.15, 0.2) is 0 Å². The summed E-state index contributed by atoms with van der Waals surface area (Å²) in [6.07, 6.45) is 3.91. The van der Waals surface area contributed by atoms with Crippen LogP contribution in [0.5, 0.6) is 0 Å². The highest BCUT2D eigenvalue weighted by Gasteiger charge is 2.18. The fourth-order valence-electron chi connectivity index (χ4n) is 2.80. The zero-order valence-electron chi connectivity index (χ0n) is 13.7. The van der Waals surface area contributed by atoms with Gasteiger partial charge < -0.3 is 9.88 Å². The van der Waals surface area contributed by atoms with Gasteiger partial charge in [0.1, 0.15) is 11.6 Å². The van der Waals surface area contributed by atoms with E-state index in [4.69, 9.17) is 0 Å². The molecule has 2 aromatic carbocycles. The Bertz CT molecular complexity index is 875. The van der Waals surface area contributed by atoms with Crippen molar-refractivity contribution in [1.29, 1.82) is 0 Å². The summed E-state index contributed by atoms with van der Waals surface area (Å²) in [5.74, 6) is -1.81. The van der Waals surface area contributed by atoms with Crippen molar-refractivity contribution in [2.24, 2.45) is 0 Å². The monoisotopic (exact) mass is 340 g/mol. The van der Waals surface area contributed by atoms with E-state index < -0.39 is 11.6 Å². The van der Waals surface area contributed by atoms with Crippen LogP contribution in [0.15, 0.2) is 67.0 Å². The summed E-state index contributed by atoms with van der Waals surface area (Å²) in [4.78, 5) is 12.4. The second kappa shape index (κ2) is 7.30. The van der Waals surface area contributed by atoms with Crippen LogP contribution in [0.4, 0.5) is 14.5 Å². The molecule has 1 aromatic heterocycles. The first-order valence-electron chi connectivity index (χ1n) is 7.97. The van der Waals surface area contributed by atoms with E-state index in [0.29, 0.717) is 0 Å². The molecule has 0 bridgehead atoms. The number of aromatic nitrogens is 1. The molecule has 3 rings (SSSR count). The molecule has 0 aliphatic carbocycles. The SMILES string of the molecule is Cc1cccc([C@H](CC(=O)Nc2ccc(F)cc2F)n2cccc2)c1. The molecule has 3 aromatic rings. The van der Waals surface area contributed by atoms with Crippen LogP contribution in [-0.2, 0) is 4.79 Å². The fraction of sp³-hybridized carbons (Fsp3) is 0.150. The molecule has 0 aliphatic rings. The Labute approximate surface area is 144 Å². The minimum Gasteiger partial charge on any atom is -0.346 e. The van der Waals surface area contributed by atoms with Crippen LogP contribution in [0, 0.1) is 18.6 Å². The zero-order chi connectivity index (χ0) is 17.8. The molecule has 0 aliphatic heterocycles. The maximum Gasteiger partial charge on any atom is 0.226 e. The van der Waals surface area contributed by atoms with Crippen LogP contribution in [-0.4, -0.2) is 10.5 Å². The lowest BCUT2D eigenvalue weighted by molar-refractivity contribution is -0.116. The Hall–Kier alpha value is -2.95. The number of nitrogens with one attached hydrogen (secondary N) is 1. The van der Waals surface area contributed by atoms with Gasteiger partial charge in [-0.2, -0.15) is 0 Å². The highest BCUT2D eigenvalue weighted by atomic mass is 19.1. The van der Waals surface area contributed by atoms with Crippen LogP contribution in [0.2, 0.25) is 0 Å². The molecule has 3 nitrogen and oxygen atoms in total. The molecule has 0 saturated heterocycles. The number of aryl methyl sites for hydroxylation is 1. The van der Waals surface area contributed by atoms with Gasteiger partial charge in [0.25, 0.3) is 0 Å². The molecule has 1 N–H and O–H groups in total. The second-order valence-electron chi connectivity index (χ2n) is 5.94. The molecular weight excluding hydrogens is 322 g/mol. The van der Waals surface area contributed by atoms with Crippen molar-refractivity contribution in [3.05, 3.63) is 89.8 Å². The van der Waals surface area contributed by atoms with Gasteiger partial charge in [-0.15, -0.1) is 0 Å². The zero-order valence-corrected chi connectivity index (χ0v) is 13.7. The van der Waals surface area contributed by atoms with Crippen molar-refractivity contribution in [2.45, 2.75) is 19.4 Å². The van der Waals surface area contributed by atoms with Gasteiger partial charge in [0.2, 0.25) is 5.91 Å². The summed E-state index contributed by atoms with van der Waals surface area (Å²) in [5, 5.41) is 2.52. The van der Waals surface area contributed by atoms with E-state index in [2.05, 4.69) is 5.32 Å². The summed E-state index contributed by atoms with van der Waals surface area (Å²) in [6.45, 7) is 1.99. The highest BCUT2D eigenvalue weighted by Crippen LogP contribution is 2.24. The van der Waals surface area contributed by atoms with Crippen molar-refractivity contribution in [3.63, 3.8) is 0 Å². The van der Waals surface area contributed by atoms with Crippen molar-refractivity contribution in [2.75, 3.05) is 5.32 Å². The third-order valence-corrected chi connectivity index (χ3v) is 4.00. The lowest BCUT2D eigenvalue weighted by Crippen LogP contribution is -2.20. The Kier molecular flexibility index (Phi) is 4.93. The lowest BCUT2D eigenvalue weighted by atomic mass is 10.0. The van der Waals surface area contributed by atoms with Crippen molar-refractivity contribution in [1.82, 2.24) is 4.57 Å². The van der Waals surface area contributed by atoms with Gasteiger partial charge in [-0.25, -0.2) is 8.78 Å². The van der Waals surface area contributed by atoms with Crippen LogP contribution < -0.4 is 5.32 Å². The maximum absolute atomic E-state index is 13.7. The van der Waals surface area contributed by atoms with Crippen LogP contribution in [0.3, 0.4) is 0 Å². The quantitative estimate of drug-likeness (QED) is 0.718. The standard InChI is InChI=1S/C20H18F2N2O/c1-14-5-4-6-15(11-14)19(24-9-2-3-10-24)13-20(25)23-18-8-7-16(21)12-17(18)22/h2-12,19H,13H2,1H3,(H,23,25)/t19-/m0/s1. The number of nitrogens with zero attached hydrogens (tertiary/aromatic N) is 1. The minimum atomic E-state index is -0.790. The third kappa shape index (κ3) is 4.12. The number of benzene rings is 2. The first kappa shape index (κ1) is 16.9. The van der Waals surface area contributed by atoms with Crippen molar-refractivity contribution < 1.29 is 13.6 Å². The maximum atomic E-state index is 13.7. The lowest BCUT2D eigenvalue weighted by Gasteiger charge is -2.20. The Morgan fingerprint density at radius 3 is 2.52 bits per heavy atom. The number of hydrogen-bond acceptors (Lipinski definition) is 1. The first-order chi connectivity index (χ1) is 12.0. The van der Waals surface area contributed by atoms with E-state index in [0.717, 1.165) is 23.3 Å². The van der Waals surface area contributed by atoms with Gasteiger partial charge in [-0.1, -0.05) is 29.8 Å².